The van der Waals surface area contributed by atoms with E-state index in [2.05, 4.69) is 16.0 Å². The maximum atomic E-state index is 12.2. The summed E-state index contributed by atoms with van der Waals surface area (Å²) in [5.74, 6) is 0.0720. The van der Waals surface area contributed by atoms with E-state index in [9.17, 15) is 9.59 Å². The number of halogens is 2. The Labute approximate surface area is 163 Å². The molecule has 1 aromatic carbocycles. The van der Waals surface area contributed by atoms with E-state index in [1.807, 2.05) is 12.1 Å². The van der Waals surface area contributed by atoms with E-state index in [1.165, 1.54) is 0 Å². The van der Waals surface area contributed by atoms with Gasteiger partial charge in [0.05, 0.1) is 10.0 Å². The van der Waals surface area contributed by atoms with E-state index in [-0.39, 0.29) is 18.5 Å². The van der Waals surface area contributed by atoms with E-state index in [0.29, 0.717) is 22.4 Å². The zero-order valence-electron chi connectivity index (χ0n) is 15.2. The number of benzene rings is 1. The Balaban J connectivity index is 1.89. The molecule has 0 spiro atoms. The second-order valence-corrected chi connectivity index (χ2v) is 8.21. The smallest absolute Gasteiger partial charge is 0.408 e. The predicted octanol–water partition coefficient (Wildman–Crippen LogP) is 2.76. The van der Waals surface area contributed by atoms with Gasteiger partial charge < -0.3 is 20.7 Å². The summed E-state index contributed by atoms with van der Waals surface area (Å²) in [6.45, 7) is 6.85. The Bertz CT molecular complexity index is 658. The number of hydrogen-bond acceptors (Lipinski definition) is 4. The van der Waals surface area contributed by atoms with Crippen molar-refractivity contribution in [2.45, 2.75) is 38.8 Å². The lowest BCUT2D eigenvalue weighted by Gasteiger charge is -2.35. The minimum atomic E-state index is -0.612. The van der Waals surface area contributed by atoms with Crippen molar-refractivity contribution in [1.29, 1.82) is 0 Å². The lowest BCUT2D eigenvalue weighted by atomic mass is 9.89. The molecule has 0 aromatic heterocycles. The second-order valence-electron chi connectivity index (χ2n) is 7.40. The van der Waals surface area contributed by atoms with Crippen LogP contribution in [0.5, 0.6) is 0 Å². The fourth-order valence-corrected chi connectivity index (χ4v) is 2.90. The summed E-state index contributed by atoms with van der Waals surface area (Å²) in [6.07, 6.45) is 0.0282. The van der Waals surface area contributed by atoms with Crippen LogP contribution < -0.4 is 16.0 Å². The maximum Gasteiger partial charge on any atom is 0.408 e. The molecule has 2 amide bonds. The summed E-state index contributed by atoms with van der Waals surface area (Å²) < 4.78 is 5.13. The quantitative estimate of drug-likeness (QED) is 0.684. The van der Waals surface area contributed by atoms with E-state index >= 15 is 0 Å². The van der Waals surface area contributed by atoms with Crippen LogP contribution in [0.15, 0.2) is 18.2 Å². The molecule has 1 aliphatic heterocycles. The van der Waals surface area contributed by atoms with Crippen LogP contribution in [-0.2, 0) is 16.0 Å². The Kier molecular flexibility index (Phi) is 7.15. The van der Waals surface area contributed by atoms with Crippen molar-refractivity contribution in [3.05, 3.63) is 33.8 Å². The fraction of sp³-hybridized carbons (Fsp3) is 0.556. The van der Waals surface area contributed by atoms with Crippen LogP contribution in [0.2, 0.25) is 10.0 Å². The molecular formula is C18H25Cl2N3O3. The minimum absolute atomic E-state index is 0.0542. The molecule has 144 valence electrons. The van der Waals surface area contributed by atoms with Crippen molar-refractivity contribution >= 4 is 35.2 Å². The summed E-state index contributed by atoms with van der Waals surface area (Å²) in [5, 5.41) is 9.67. The Morgan fingerprint density at radius 1 is 1.27 bits per heavy atom. The predicted molar refractivity (Wildman–Crippen MR) is 103 cm³/mol. The highest BCUT2D eigenvalue weighted by atomic mass is 35.5. The zero-order valence-corrected chi connectivity index (χ0v) is 16.7. The van der Waals surface area contributed by atoms with Gasteiger partial charge in [0.1, 0.15) is 12.1 Å². The molecule has 6 nitrogen and oxygen atoms in total. The molecule has 1 aromatic rings. The average molecular weight is 402 g/mol. The van der Waals surface area contributed by atoms with Crippen LogP contribution >= 0.6 is 23.2 Å². The average Bonchev–Trinajstić information content (AvgIpc) is 2.45. The van der Waals surface area contributed by atoms with E-state index in [1.54, 1.807) is 26.8 Å². The third kappa shape index (κ3) is 6.67. The largest absolute Gasteiger partial charge is 0.444 e. The normalized spacial score (nSPS) is 15.7. The van der Waals surface area contributed by atoms with Crippen molar-refractivity contribution in [3.8, 4) is 0 Å². The number of ether oxygens (including phenoxy) is 1. The first-order valence-electron chi connectivity index (χ1n) is 8.55. The minimum Gasteiger partial charge on any atom is -0.444 e. The molecule has 3 N–H and O–H groups in total. The molecule has 0 aliphatic carbocycles. The highest BCUT2D eigenvalue weighted by Gasteiger charge is 2.28. The van der Waals surface area contributed by atoms with Gasteiger partial charge in [-0.2, -0.15) is 0 Å². The molecule has 26 heavy (non-hydrogen) atoms. The first-order chi connectivity index (χ1) is 12.1. The van der Waals surface area contributed by atoms with Gasteiger partial charge in [-0.3, -0.25) is 4.79 Å². The third-order valence-corrected chi connectivity index (χ3v) is 4.70. The standard InChI is InChI=1S/C18H25Cl2N3O3/c1-18(2,3)26-17(25)22-10-16(24)23-15(12-8-21-9-12)7-11-4-5-13(19)14(20)6-11/h4-6,12,15,21H,7-10H2,1-3H3,(H,22,25)(H,23,24). The van der Waals surface area contributed by atoms with Crippen LogP contribution in [0.4, 0.5) is 4.79 Å². The fourth-order valence-electron chi connectivity index (χ4n) is 2.58. The molecule has 0 saturated carbocycles. The van der Waals surface area contributed by atoms with Gasteiger partial charge in [-0.25, -0.2) is 4.79 Å². The van der Waals surface area contributed by atoms with Gasteiger partial charge in [0.25, 0.3) is 0 Å². The molecule has 0 radical (unpaired) electrons. The number of alkyl carbamates (subject to hydrolysis) is 1. The van der Waals surface area contributed by atoms with Crippen molar-refractivity contribution in [2.24, 2.45) is 5.92 Å². The van der Waals surface area contributed by atoms with Crippen molar-refractivity contribution in [2.75, 3.05) is 19.6 Å². The Morgan fingerprint density at radius 2 is 1.96 bits per heavy atom. The molecule has 1 atom stereocenters. The molecule has 2 rings (SSSR count). The van der Waals surface area contributed by atoms with Crippen molar-refractivity contribution < 1.29 is 14.3 Å². The van der Waals surface area contributed by atoms with Gasteiger partial charge in [0.2, 0.25) is 5.91 Å². The highest BCUT2D eigenvalue weighted by molar-refractivity contribution is 6.42. The highest BCUT2D eigenvalue weighted by Crippen LogP contribution is 2.24. The van der Waals surface area contributed by atoms with Gasteiger partial charge >= 0.3 is 6.09 Å². The van der Waals surface area contributed by atoms with Crippen LogP contribution in [-0.4, -0.2) is 43.3 Å². The number of amides is 2. The number of hydrogen-bond donors (Lipinski definition) is 3. The summed E-state index contributed by atoms with van der Waals surface area (Å²) in [6, 6.07) is 5.41. The molecule has 1 aliphatic rings. The van der Waals surface area contributed by atoms with E-state index in [4.69, 9.17) is 27.9 Å². The summed E-state index contributed by atoms with van der Waals surface area (Å²) in [5.41, 5.74) is 0.394. The first-order valence-corrected chi connectivity index (χ1v) is 9.30. The van der Waals surface area contributed by atoms with Crippen molar-refractivity contribution in [1.82, 2.24) is 16.0 Å². The van der Waals surface area contributed by atoms with Gasteiger partial charge in [-0.05, 0) is 44.9 Å². The topological polar surface area (TPSA) is 79.5 Å². The van der Waals surface area contributed by atoms with Crippen LogP contribution in [0.25, 0.3) is 0 Å². The molecule has 8 heteroatoms. The summed E-state index contributed by atoms with van der Waals surface area (Å²) in [4.78, 5) is 23.9. The van der Waals surface area contributed by atoms with Crippen LogP contribution in [0, 0.1) is 5.92 Å². The van der Waals surface area contributed by atoms with Gasteiger partial charge in [-0.15, -0.1) is 0 Å². The van der Waals surface area contributed by atoms with Crippen molar-refractivity contribution in [3.63, 3.8) is 0 Å². The SMILES string of the molecule is CC(C)(C)OC(=O)NCC(=O)NC(Cc1ccc(Cl)c(Cl)c1)C1CNC1. The maximum absolute atomic E-state index is 12.2. The zero-order chi connectivity index (χ0) is 19.3. The Hall–Kier alpha value is -1.50. The van der Waals surface area contributed by atoms with E-state index in [0.717, 1.165) is 18.7 Å². The molecule has 1 unspecified atom stereocenters. The molecule has 0 bridgehead atoms. The number of carbonyl (C=O) groups is 2. The molecular weight excluding hydrogens is 377 g/mol. The van der Waals surface area contributed by atoms with Gasteiger partial charge in [-0.1, -0.05) is 29.3 Å². The second kappa shape index (κ2) is 8.93. The first kappa shape index (κ1) is 20.8. The molecule has 1 saturated heterocycles. The van der Waals surface area contributed by atoms with E-state index < -0.39 is 11.7 Å². The number of rotatable bonds is 6. The van der Waals surface area contributed by atoms with Crippen LogP contribution in [0.1, 0.15) is 26.3 Å². The number of nitrogens with one attached hydrogen (secondary N) is 3. The lowest BCUT2D eigenvalue weighted by molar-refractivity contribution is -0.121. The van der Waals surface area contributed by atoms with Gasteiger partial charge in [0.15, 0.2) is 0 Å². The third-order valence-electron chi connectivity index (χ3n) is 3.96. The molecule has 1 fully saturated rings. The number of carbonyl (C=O) groups excluding carboxylic acids is 2. The van der Waals surface area contributed by atoms with Gasteiger partial charge in [0, 0.05) is 25.0 Å². The lowest BCUT2D eigenvalue weighted by Crippen LogP contribution is -2.56. The summed E-state index contributed by atoms with van der Waals surface area (Å²) >= 11 is 12.0. The summed E-state index contributed by atoms with van der Waals surface area (Å²) in [7, 11) is 0. The van der Waals surface area contributed by atoms with Crippen LogP contribution in [0.3, 0.4) is 0 Å². The molecule has 1 heterocycles. The Morgan fingerprint density at radius 3 is 2.50 bits per heavy atom. The monoisotopic (exact) mass is 401 g/mol.